The van der Waals surface area contributed by atoms with Crippen LogP contribution in [0.5, 0.6) is 0 Å². The van der Waals surface area contributed by atoms with Crippen LogP contribution in [0.3, 0.4) is 0 Å². The molecule has 3 heterocycles. The first-order valence-corrected chi connectivity index (χ1v) is 30.9. The molecular formula is C61H109NO18. The van der Waals surface area contributed by atoms with Crippen molar-refractivity contribution in [3.8, 4) is 0 Å². The molecule has 0 aromatic heterocycles. The largest absolute Gasteiger partial charge is 0.394 e. The zero-order chi connectivity index (χ0) is 58.3. The fourth-order valence-corrected chi connectivity index (χ4v) is 10.2. The topological polar surface area (TPSA) is 307 Å². The van der Waals surface area contributed by atoms with Gasteiger partial charge in [0.2, 0.25) is 5.91 Å². The molecule has 3 fully saturated rings. The summed E-state index contributed by atoms with van der Waals surface area (Å²) < 4.78 is 34.2. The van der Waals surface area contributed by atoms with Crippen molar-refractivity contribution in [1.82, 2.24) is 5.32 Å². The summed E-state index contributed by atoms with van der Waals surface area (Å²) in [6, 6.07) is -0.994. The van der Waals surface area contributed by atoms with Crippen molar-refractivity contribution in [3.05, 3.63) is 48.6 Å². The summed E-state index contributed by atoms with van der Waals surface area (Å²) in [6.07, 6.45) is 22.3. The number of allylic oxidation sites excluding steroid dienone is 7. The Bertz CT molecular complexity index is 1650. The third-order valence-electron chi connectivity index (χ3n) is 15.3. The van der Waals surface area contributed by atoms with Gasteiger partial charge in [-0.1, -0.05) is 178 Å². The van der Waals surface area contributed by atoms with Crippen LogP contribution in [0, 0.1) is 0 Å². The molecule has 80 heavy (non-hydrogen) atoms. The van der Waals surface area contributed by atoms with E-state index in [1.54, 1.807) is 6.08 Å². The number of unbranched alkanes of at least 4 members (excludes halogenated alkanes) is 23. The highest BCUT2D eigenvalue weighted by molar-refractivity contribution is 5.76. The highest BCUT2D eigenvalue weighted by atomic mass is 16.8. The van der Waals surface area contributed by atoms with Gasteiger partial charge in [0, 0.05) is 6.42 Å². The number of rotatable bonds is 45. The molecule has 3 aliphatic rings. The van der Waals surface area contributed by atoms with Crippen LogP contribution in [0.2, 0.25) is 0 Å². The molecule has 0 aromatic carbocycles. The van der Waals surface area contributed by atoms with Gasteiger partial charge in [0.15, 0.2) is 18.9 Å². The molecule has 1 amide bonds. The lowest BCUT2D eigenvalue weighted by molar-refractivity contribution is -0.379. The molecule has 466 valence electrons. The Hall–Kier alpha value is -2.25. The maximum Gasteiger partial charge on any atom is 0.220 e. The van der Waals surface area contributed by atoms with E-state index in [1.807, 2.05) is 6.08 Å². The van der Waals surface area contributed by atoms with Crippen molar-refractivity contribution in [2.45, 2.75) is 304 Å². The number of aliphatic hydroxyl groups is 11. The summed E-state index contributed by atoms with van der Waals surface area (Å²) in [5.74, 6) is -0.295. The molecule has 17 unspecified atom stereocenters. The van der Waals surface area contributed by atoms with Gasteiger partial charge in [-0.15, -0.1) is 0 Å². The van der Waals surface area contributed by atoms with E-state index in [2.05, 4.69) is 55.6 Å². The summed E-state index contributed by atoms with van der Waals surface area (Å²) in [5, 5.41) is 120. The summed E-state index contributed by atoms with van der Waals surface area (Å²) in [7, 11) is 0. The molecule has 19 heteroatoms. The number of ether oxygens (including phenoxy) is 6. The SMILES string of the molecule is CCCCC/C=C\C/C=C\CCCCCCCCCC(=O)NC(COC1OC(CO)C(OC2OC(CO)C(OC3OC(CO)C(O)C(O)C3O)C(O)C2O)C(O)C1O)C(O)/C=C/CC/C=C/CCCCCCCCCCCCCC. The summed E-state index contributed by atoms with van der Waals surface area (Å²) in [4.78, 5) is 13.3. The summed E-state index contributed by atoms with van der Waals surface area (Å²) >= 11 is 0. The predicted octanol–water partition coefficient (Wildman–Crippen LogP) is 5.87. The molecule has 0 saturated carbocycles. The van der Waals surface area contributed by atoms with Crippen molar-refractivity contribution in [1.29, 1.82) is 0 Å². The van der Waals surface area contributed by atoms with E-state index in [9.17, 15) is 61.0 Å². The van der Waals surface area contributed by atoms with Crippen LogP contribution in [0.15, 0.2) is 48.6 Å². The molecule has 12 N–H and O–H groups in total. The summed E-state index contributed by atoms with van der Waals surface area (Å²) in [6.45, 7) is 1.67. The highest BCUT2D eigenvalue weighted by Crippen LogP contribution is 2.33. The van der Waals surface area contributed by atoms with Crippen LogP contribution in [0.1, 0.15) is 200 Å². The zero-order valence-corrected chi connectivity index (χ0v) is 48.5. The predicted molar refractivity (Wildman–Crippen MR) is 305 cm³/mol. The zero-order valence-electron chi connectivity index (χ0n) is 48.5. The minimum atomic E-state index is -1.98. The van der Waals surface area contributed by atoms with Crippen molar-refractivity contribution >= 4 is 5.91 Å². The van der Waals surface area contributed by atoms with E-state index in [1.165, 1.54) is 89.9 Å². The van der Waals surface area contributed by atoms with Crippen molar-refractivity contribution in [2.24, 2.45) is 0 Å². The smallest absolute Gasteiger partial charge is 0.220 e. The number of nitrogens with one attached hydrogen (secondary N) is 1. The van der Waals surface area contributed by atoms with E-state index < -0.39 is 124 Å². The molecule has 0 bridgehead atoms. The minimum Gasteiger partial charge on any atom is -0.394 e. The number of hydrogen-bond acceptors (Lipinski definition) is 18. The molecular weight excluding hydrogens is 1030 g/mol. The quantitative estimate of drug-likeness (QED) is 0.0250. The molecule has 3 rings (SSSR count). The number of carbonyl (C=O) groups excluding carboxylic acids is 1. The Morgan fingerprint density at radius 3 is 1.35 bits per heavy atom. The van der Waals surface area contributed by atoms with Crippen LogP contribution in [-0.4, -0.2) is 193 Å². The second kappa shape index (κ2) is 44.3. The van der Waals surface area contributed by atoms with Gasteiger partial charge in [0.1, 0.15) is 73.2 Å². The van der Waals surface area contributed by atoms with Gasteiger partial charge >= 0.3 is 0 Å². The molecule has 0 aliphatic carbocycles. The Balaban J connectivity index is 1.52. The maximum absolute atomic E-state index is 13.3. The minimum absolute atomic E-state index is 0.225. The lowest BCUT2D eigenvalue weighted by Gasteiger charge is -2.48. The third-order valence-corrected chi connectivity index (χ3v) is 15.3. The van der Waals surface area contributed by atoms with Gasteiger partial charge in [-0.2, -0.15) is 0 Å². The van der Waals surface area contributed by atoms with Crippen LogP contribution < -0.4 is 5.32 Å². The standard InChI is InChI=1S/C61H109NO18/c1-3-5-7-9-11-13-15-17-19-21-23-24-26-28-30-32-34-36-38-45(66)44(62-49(67)39-37-35-33-31-29-27-25-22-20-18-16-14-12-10-8-6-4-2)43-75-59-55(73)52(70)57(47(41-64)77-59)80-61-56(74)53(71)58(48(42-65)78-61)79-60-54(72)51(69)50(68)46(40-63)76-60/h12,14,18,20,28,30,36,38,44-48,50-61,63-66,68-74H,3-11,13,15-17,19,21-27,29,31-35,37,39-43H2,1-2H3,(H,62,67)/b14-12-,20-18-,30-28+,38-36+. The Kier molecular flexibility index (Phi) is 39.8. The first-order chi connectivity index (χ1) is 38.8. The molecule has 3 aliphatic heterocycles. The van der Waals surface area contributed by atoms with E-state index in [-0.39, 0.29) is 18.9 Å². The van der Waals surface area contributed by atoms with E-state index in [0.717, 1.165) is 77.0 Å². The first kappa shape index (κ1) is 72.0. The number of carbonyl (C=O) groups is 1. The lowest BCUT2D eigenvalue weighted by Crippen LogP contribution is -2.66. The van der Waals surface area contributed by atoms with E-state index in [4.69, 9.17) is 28.4 Å². The summed E-state index contributed by atoms with van der Waals surface area (Å²) in [5.41, 5.74) is 0. The van der Waals surface area contributed by atoms with Gasteiger partial charge < -0.3 is 89.9 Å². The van der Waals surface area contributed by atoms with Crippen molar-refractivity contribution in [3.63, 3.8) is 0 Å². The molecule has 17 atom stereocenters. The van der Waals surface area contributed by atoms with Crippen molar-refractivity contribution in [2.75, 3.05) is 26.4 Å². The lowest BCUT2D eigenvalue weighted by atomic mass is 9.96. The molecule has 0 spiro atoms. The first-order valence-electron chi connectivity index (χ1n) is 30.9. The van der Waals surface area contributed by atoms with Gasteiger partial charge in [0.25, 0.3) is 0 Å². The van der Waals surface area contributed by atoms with Crippen LogP contribution in [0.4, 0.5) is 0 Å². The van der Waals surface area contributed by atoms with Gasteiger partial charge in [0.05, 0.1) is 38.6 Å². The van der Waals surface area contributed by atoms with Crippen LogP contribution in [0.25, 0.3) is 0 Å². The second-order valence-corrected chi connectivity index (χ2v) is 22.2. The Morgan fingerprint density at radius 1 is 0.450 bits per heavy atom. The van der Waals surface area contributed by atoms with Crippen LogP contribution in [-0.2, 0) is 33.2 Å². The number of amides is 1. The van der Waals surface area contributed by atoms with Crippen LogP contribution >= 0.6 is 0 Å². The molecule has 0 radical (unpaired) electrons. The van der Waals surface area contributed by atoms with Gasteiger partial charge in [-0.05, 0) is 64.2 Å². The molecule has 0 aromatic rings. The number of aliphatic hydroxyl groups excluding tert-OH is 11. The Labute approximate surface area is 478 Å². The molecule has 3 saturated heterocycles. The fraction of sp³-hybridized carbons (Fsp3) is 0.852. The van der Waals surface area contributed by atoms with Gasteiger partial charge in [-0.3, -0.25) is 4.79 Å². The molecule has 19 nitrogen and oxygen atoms in total. The average Bonchev–Trinajstić information content (AvgIpc) is 3.50. The van der Waals surface area contributed by atoms with Gasteiger partial charge in [-0.25, -0.2) is 0 Å². The Morgan fingerprint density at radius 2 is 0.838 bits per heavy atom. The number of hydrogen-bond donors (Lipinski definition) is 12. The normalized spacial score (nSPS) is 30.3. The second-order valence-electron chi connectivity index (χ2n) is 22.2. The fourth-order valence-electron chi connectivity index (χ4n) is 10.2. The third kappa shape index (κ3) is 27.6. The highest BCUT2D eigenvalue weighted by Gasteiger charge is 2.53. The van der Waals surface area contributed by atoms with E-state index in [0.29, 0.717) is 12.8 Å². The average molecular weight is 1140 g/mol. The monoisotopic (exact) mass is 1140 g/mol. The van der Waals surface area contributed by atoms with Crippen molar-refractivity contribution < 1.29 is 89.4 Å². The maximum atomic E-state index is 13.3. The van der Waals surface area contributed by atoms with E-state index >= 15 is 0 Å².